The lowest BCUT2D eigenvalue weighted by Gasteiger charge is -2.22. The summed E-state index contributed by atoms with van der Waals surface area (Å²) < 4.78 is 5.46. The fraction of sp³-hybridized carbons (Fsp3) is 0.462. The molecule has 0 unspecified atom stereocenters. The Morgan fingerprint density at radius 2 is 2.21 bits per heavy atom. The van der Waals surface area contributed by atoms with Crippen LogP contribution in [0.1, 0.15) is 24.5 Å². The van der Waals surface area contributed by atoms with E-state index in [1.54, 1.807) is 18.5 Å². The molecule has 0 radical (unpaired) electrons. The summed E-state index contributed by atoms with van der Waals surface area (Å²) in [5.41, 5.74) is 0.756. The highest BCUT2D eigenvalue weighted by Gasteiger charge is 2.38. The van der Waals surface area contributed by atoms with Crippen LogP contribution in [0.15, 0.2) is 23.5 Å². The molecular formula is C13H14ClN3O2. The molecule has 3 heterocycles. The van der Waals surface area contributed by atoms with Gasteiger partial charge in [0.2, 0.25) is 0 Å². The number of carbonyl (C=O) groups is 1. The third-order valence-corrected chi connectivity index (χ3v) is 3.81. The first kappa shape index (κ1) is 12.4. The van der Waals surface area contributed by atoms with Gasteiger partial charge < -0.3 is 9.64 Å². The molecule has 0 aromatic carbocycles. The van der Waals surface area contributed by atoms with Crippen molar-refractivity contribution in [3.63, 3.8) is 0 Å². The average Bonchev–Trinajstić information content (AvgIpc) is 3.10. The van der Waals surface area contributed by atoms with Crippen LogP contribution < -0.4 is 0 Å². The van der Waals surface area contributed by atoms with Gasteiger partial charge in [0, 0.05) is 31.0 Å². The lowest BCUT2D eigenvalue weighted by molar-refractivity contribution is -0.133. The minimum Gasteiger partial charge on any atom is -0.473 e. The molecule has 100 valence electrons. The summed E-state index contributed by atoms with van der Waals surface area (Å²) in [5, 5.41) is 0.497. The van der Waals surface area contributed by atoms with Crippen molar-refractivity contribution in [3.8, 4) is 0 Å². The summed E-state index contributed by atoms with van der Waals surface area (Å²) in [7, 11) is 0. The van der Waals surface area contributed by atoms with E-state index >= 15 is 0 Å². The van der Waals surface area contributed by atoms with Crippen LogP contribution in [0, 0.1) is 0 Å². The fourth-order valence-electron chi connectivity index (χ4n) is 2.50. The normalized spacial score (nSPS) is 25.6. The molecule has 0 saturated carbocycles. The van der Waals surface area contributed by atoms with Gasteiger partial charge in [-0.1, -0.05) is 11.6 Å². The third kappa shape index (κ3) is 2.30. The zero-order valence-corrected chi connectivity index (χ0v) is 11.1. The Bertz CT molecular complexity index is 514. The molecular weight excluding hydrogens is 266 g/mol. The van der Waals surface area contributed by atoms with E-state index in [1.807, 2.05) is 4.90 Å². The number of aliphatic imine (C=N–C) groups is 1. The third-order valence-electron chi connectivity index (χ3n) is 3.50. The van der Waals surface area contributed by atoms with Crippen molar-refractivity contribution >= 4 is 23.9 Å². The van der Waals surface area contributed by atoms with Crippen molar-refractivity contribution in [2.75, 3.05) is 13.1 Å². The van der Waals surface area contributed by atoms with Crippen molar-refractivity contribution in [1.82, 2.24) is 9.88 Å². The van der Waals surface area contributed by atoms with Gasteiger partial charge in [0.1, 0.15) is 0 Å². The molecule has 2 atom stereocenters. The van der Waals surface area contributed by atoms with Gasteiger partial charge in [-0.3, -0.25) is 9.78 Å². The smallest absolute Gasteiger partial charge is 0.251 e. The van der Waals surface area contributed by atoms with E-state index < -0.39 is 12.1 Å². The first-order chi connectivity index (χ1) is 9.27. The number of ether oxygens (including phenoxy) is 1. The first-order valence-electron chi connectivity index (χ1n) is 6.32. The zero-order valence-electron chi connectivity index (χ0n) is 10.3. The predicted molar refractivity (Wildman–Crippen MR) is 71.2 cm³/mol. The van der Waals surface area contributed by atoms with Crippen LogP contribution >= 0.6 is 11.6 Å². The van der Waals surface area contributed by atoms with Crippen molar-refractivity contribution in [2.45, 2.75) is 25.0 Å². The van der Waals surface area contributed by atoms with Gasteiger partial charge in [-0.15, -0.1) is 0 Å². The number of hydrogen-bond donors (Lipinski definition) is 0. The average molecular weight is 280 g/mol. The van der Waals surface area contributed by atoms with Crippen LogP contribution in [0.3, 0.4) is 0 Å². The van der Waals surface area contributed by atoms with Gasteiger partial charge in [0.05, 0.1) is 5.02 Å². The minimum absolute atomic E-state index is 0.0177. The molecule has 1 amide bonds. The molecule has 2 aliphatic rings. The number of aromatic nitrogens is 1. The molecule has 1 saturated heterocycles. The monoisotopic (exact) mass is 279 g/mol. The summed E-state index contributed by atoms with van der Waals surface area (Å²) in [6.07, 6.45) is 6.22. The van der Waals surface area contributed by atoms with E-state index in [2.05, 4.69) is 9.98 Å². The van der Waals surface area contributed by atoms with E-state index in [9.17, 15) is 4.79 Å². The molecule has 1 aromatic rings. The van der Waals surface area contributed by atoms with Gasteiger partial charge in [-0.2, -0.15) is 0 Å². The quantitative estimate of drug-likeness (QED) is 0.830. The Labute approximate surface area is 116 Å². The Hall–Kier alpha value is -1.62. The Morgan fingerprint density at radius 1 is 1.42 bits per heavy atom. The second-order valence-corrected chi connectivity index (χ2v) is 5.09. The summed E-state index contributed by atoms with van der Waals surface area (Å²) in [6.45, 7) is 1.61. The molecule has 1 aromatic heterocycles. The van der Waals surface area contributed by atoms with E-state index in [0.717, 1.165) is 31.5 Å². The first-order valence-corrected chi connectivity index (χ1v) is 6.70. The second-order valence-electron chi connectivity index (χ2n) is 4.69. The number of pyridine rings is 1. The van der Waals surface area contributed by atoms with E-state index in [-0.39, 0.29) is 5.91 Å². The molecule has 6 heteroatoms. The molecule has 3 rings (SSSR count). The molecule has 0 N–H and O–H groups in total. The van der Waals surface area contributed by atoms with Crippen molar-refractivity contribution in [1.29, 1.82) is 0 Å². The highest BCUT2D eigenvalue weighted by molar-refractivity contribution is 6.31. The van der Waals surface area contributed by atoms with Crippen LogP contribution in [-0.4, -0.2) is 41.3 Å². The topological polar surface area (TPSA) is 54.8 Å². The summed E-state index contributed by atoms with van der Waals surface area (Å²) in [5.74, 6) is 0.0177. The summed E-state index contributed by atoms with van der Waals surface area (Å²) in [4.78, 5) is 22.4. The molecule has 5 nitrogen and oxygen atoms in total. The zero-order chi connectivity index (χ0) is 13.2. The van der Waals surface area contributed by atoms with Crippen LogP contribution in [-0.2, 0) is 9.53 Å². The van der Waals surface area contributed by atoms with E-state index in [1.165, 1.54) is 6.40 Å². The van der Waals surface area contributed by atoms with Gasteiger partial charge in [-0.05, 0) is 18.9 Å². The molecule has 1 fully saturated rings. The number of hydrogen-bond acceptors (Lipinski definition) is 4. The number of carbonyl (C=O) groups excluding carboxylic acids is 1. The standard InChI is InChI=1S/C13H14ClN3O2/c14-10-7-15-4-3-9(10)12-11(16-8-19-12)13(18)17-5-1-2-6-17/h3-4,7-8,11-12H,1-2,5-6H2/t11-,12+/m0/s1. The molecule has 2 aliphatic heterocycles. The Balaban J connectivity index is 1.83. The molecule has 0 bridgehead atoms. The highest BCUT2D eigenvalue weighted by Crippen LogP contribution is 2.32. The van der Waals surface area contributed by atoms with Crippen LogP contribution in [0.5, 0.6) is 0 Å². The van der Waals surface area contributed by atoms with Gasteiger partial charge in [-0.25, -0.2) is 4.99 Å². The van der Waals surface area contributed by atoms with E-state index in [4.69, 9.17) is 16.3 Å². The molecule has 0 aliphatic carbocycles. The number of nitrogens with zero attached hydrogens (tertiary/aromatic N) is 3. The SMILES string of the molecule is O=C([C@H]1N=CO[C@@H]1c1ccncc1Cl)N1CCCC1. The maximum atomic E-state index is 12.4. The van der Waals surface area contributed by atoms with Crippen molar-refractivity contribution in [2.24, 2.45) is 4.99 Å². The second kappa shape index (κ2) is 5.17. The minimum atomic E-state index is -0.530. The van der Waals surface area contributed by atoms with Crippen LogP contribution in [0.2, 0.25) is 5.02 Å². The lowest BCUT2D eigenvalue weighted by Crippen LogP contribution is -2.38. The van der Waals surface area contributed by atoms with Crippen LogP contribution in [0.25, 0.3) is 0 Å². The Kier molecular flexibility index (Phi) is 3.38. The van der Waals surface area contributed by atoms with Crippen molar-refractivity contribution < 1.29 is 9.53 Å². The predicted octanol–water partition coefficient (Wildman–Crippen LogP) is 1.83. The summed E-state index contributed by atoms with van der Waals surface area (Å²) in [6, 6.07) is 1.24. The summed E-state index contributed by atoms with van der Waals surface area (Å²) >= 11 is 6.11. The van der Waals surface area contributed by atoms with Gasteiger partial charge in [0.25, 0.3) is 5.91 Å². The maximum Gasteiger partial charge on any atom is 0.251 e. The maximum absolute atomic E-state index is 12.4. The fourth-order valence-corrected chi connectivity index (χ4v) is 2.72. The van der Waals surface area contributed by atoms with Crippen LogP contribution in [0.4, 0.5) is 0 Å². The van der Waals surface area contributed by atoms with Gasteiger partial charge >= 0.3 is 0 Å². The Morgan fingerprint density at radius 3 is 2.95 bits per heavy atom. The number of halogens is 1. The van der Waals surface area contributed by atoms with Gasteiger partial charge in [0.15, 0.2) is 18.5 Å². The number of rotatable bonds is 2. The highest BCUT2D eigenvalue weighted by atomic mass is 35.5. The number of likely N-dealkylation sites (tertiary alicyclic amines) is 1. The molecule has 19 heavy (non-hydrogen) atoms. The van der Waals surface area contributed by atoms with E-state index in [0.29, 0.717) is 5.02 Å². The lowest BCUT2D eigenvalue weighted by atomic mass is 10.0. The molecule has 0 spiro atoms. The van der Waals surface area contributed by atoms with Crippen molar-refractivity contribution in [3.05, 3.63) is 29.0 Å². The largest absolute Gasteiger partial charge is 0.473 e. The number of amides is 1.